The first-order valence-corrected chi connectivity index (χ1v) is 10.4. The fourth-order valence-corrected chi connectivity index (χ4v) is 3.28. The molecule has 1 heterocycles. The second-order valence-electron chi connectivity index (χ2n) is 5.58. The molecule has 0 aliphatic heterocycles. The first-order chi connectivity index (χ1) is 13.8. The van der Waals surface area contributed by atoms with Crippen molar-refractivity contribution < 1.29 is 4.74 Å². The number of benzene rings is 2. The summed E-state index contributed by atoms with van der Waals surface area (Å²) in [4.78, 5) is 0. The van der Waals surface area contributed by atoms with E-state index >= 15 is 0 Å². The first-order valence-electron chi connectivity index (χ1n) is 10.4. The van der Waals surface area contributed by atoms with Gasteiger partial charge in [-0.3, -0.25) is 0 Å². The summed E-state index contributed by atoms with van der Waals surface area (Å²) in [6, 6.07) is 16.7. The van der Waals surface area contributed by atoms with Gasteiger partial charge in [-0.05, 0) is 11.1 Å². The molecule has 4 heteroatoms. The van der Waals surface area contributed by atoms with Crippen molar-refractivity contribution in [2.75, 3.05) is 7.11 Å². The largest absolute Gasteiger partial charge is 0.376 e. The van der Waals surface area contributed by atoms with Crippen LogP contribution in [0.1, 0.15) is 58.8 Å². The molecular formula is C24H35N3O. The van der Waals surface area contributed by atoms with E-state index in [9.17, 15) is 0 Å². The van der Waals surface area contributed by atoms with Crippen LogP contribution in [-0.4, -0.2) is 22.1 Å². The van der Waals surface area contributed by atoms with E-state index in [1.165, 1.54) is 16.7 Å². The minimum Gasteiger partial charge on any atom is -0.376 e. The second kappa shape index (κ2) is 12.1. The van der Waals surface area contributed by atoms with Crippen LogP contribution in [0.5, 0.6) is 0 Å². The average molecular weight is 382 g/mol. The Hall–Kier alpha value is -2.46. The number of ether oxygens (including phenoxy) is 1. The van der Waals surface area contributed by atoms with Gasteiger partial charge in [0.15, 0.2) is 0 Å². The number of hydrogen-bond acceptors (Lipinski definition) is 3. The van der Waals surface area contributed by atoms with Crippen molar-refractivity contribution in [3.8, 4) is 22.5 Å². The normalized spacial score (nSPS) is 13.4. The van der Waals surface area contributed by atoms with Gasteiger partial charge in [0, 0.05) is 31.7 Å². The number of aryl methyl sites for hydroxylation is 1. The maximum absolute atomic E-state index is 5.78. The van der Waals surface area contributed by atoms with Crippen molar-refractivity contribution in [3.63, 3.8) is 0 Å². The van der Waals surface area contributed by atoms with Crippen molar-refractivity contribution in [1.82, 2.24) is 15.0 Å². The molecule has 0 saturated carbocycles. The monoisotopic (exact) mass is 381 g/mol. The highest BCUT2D eigenvalue weighted by Gasteiger charge is 2.26. The topological polar surface area (TPSA) is 39.9 Å². The summed E-state index contributed by atoms with van der Waals surface area (Å²) in [5.74, 6) is 0. The molecule has 0 N–H and O–H groups in total. The third kappa shape index (κ3) is 4.68. The van der Waals surface area contributed by atoms with Gasteiger partial charge in [-0.1, -0.05) is 95.3 Å². The van der Waals surface area contributed by atoms with E-state index < -0.39 is 0 Å². The van der Waals surface area contributed by atoms with Crippen LogP contribution in [0.4, 0.5) is 0 Å². The number of rotatable bonds is 1. The molecule has 28 heavy (non-hydrogen) atoms. The molecule has 4 rings (SSSR count). The van der Waals surface area contributed by atoms with Gasteiger partial charge in [-0.25, -0.2) is 4.68 Å². The Morgan fingerprint density at radius 3 is 2.07 bits per heavy atom. The zero-order valence-corrected chi connectivity index (χ0v) is 18.7. The first kappa shape index (κ1) is 23.6. The van der Waals surface area contributed by atoms with Gasteiger partial charge in [0.2, 0.25) is 0 Å². The van der Waals surface area contributed by atoms with E-state index in [2.05, 4.69) is 52.8 Å². The second-order valence-corrected chi connectivity index (χ2v) is 5.58. The third-order valence-electron chi connectivity index (χ3n) is 4.35. The highest BCUT2D eigenvalue weighted by Crippen LogP contribution is 2.40. The number of hydrogen-bond donors (Lipinski definition) is 0. The molecular weight excluding hydrogens is 346 g/mol. The van der Waals surface area contributed by atoms with Crippen LogP contribution in [0.15, 0.2) is 48.5 Å². The Bertz CT molecular complexity index is 839. The molecule has 0 bridgehead atoms. The van der Waals surface area contributed by atoms with Crippen molar-refractivity contribution in [2.24, 2.45) is 7.05 Å². The van der Waals surface area contributed by atoms with Gasteiger partial charge in [0.25, 0.3) is 0 Å². The van der Waals surface area contributed by atoms with E-state index in [1.807, 2.05) is 59.3 Å². The Morgan fingerprint density at radius 1 is 0.857 bits per heavy atom. The van der Waals surface area contributed by atoms with Gasteiger partial charge in [-0.2, -0.15) is 0 Å². The molecule has 152 valence electrons. The molecule has 4 nitrogen and oxygen atoms in total. The Kier molecular flexibility index (Phi) is 10.2. The minimum absolute atomic E-state index is 0.0208. The molecule has 0 saturated heterocycles. The van der Waals surface area contributed by atoms with E-state index in [-0.39, 0.29) is 6.10 Å². The zero-order valence-electron chi connectivity index (χ0n) is 18.7. The number of aromatic nitrogens is 3. The summed E-state index contributed by atoms with van der Waals surface area (Å²) in [5.41, 5.74) is 6.70. The molecule has 1 aliphatic rings. The van der Waals surface area contributed by atoms with Crippen molar-refractivity contribution in [2.45, 2.75) is 54.1 Å². The quantitative estimate of drug-likeness (QED) is 0.485. The maximum atomic E-state index is 5.78. The lowest BCUT2D eigenvalue weighted by Crippen LogP contribution is -2.11. The lowest BCUT2D eigenvalue weighted by Gasteiger charge is -2.23. The van der Waals surface area contributed by atoms with Crippen LogP contribution in [0.3, 0.4) is 0 Å². The van der Waals surface area contributed by atoms with E-state index in [4.69, 9.17) is 4.74 Å². The Morgan fingerprint density at radius 2 is 1.43 bits per heavy atom. The summed E-state index contributed by atoms with van der Waals surface area (Å²) >= 11 is 0. The molecule has 0 spiro atoms. The molecule has 1 unspecified atom stereocenters. The SMILES string of the molecule is CC.CC.CC.COC1Cc2ccccc2-c2c(nnn2C)-c2ccccc21. The number of methoxy groups -OCH3 is 1. The van der Waals surface area contributed by atoms with Crippen LogP contribution >= 0.6 is 0 Å². The molecule has 1 aliphatic carbocycles. The zero-order chi connectivity index (χ0) is 21.1. The maximum Gasteiger partial charge on any atom is 0.121 e. The fraction of sp³-hybridized carbons (Fsp3) is 0.417. The third-order valence-corrected chi connectivity index (χ3v) is 4.35. The minimum atomic E-state index is 0.0208. The number of nitrogens with zero attached hydrogens (tertiary/aromatic N) is 3. The summed E-state index contributed by atoms with van der Waals surface area (Å²) in [6.07, 6.45) is 0.862. The smallest absolute Gasteiger partial charge is 0.121 e. The van der Waals surface area contributed by atoms with Crippen LogP contribution in [0.25, 0.3) is 22.5 Å². The van der Waals surface area contributed by atoms with Gasteiger partial charge < -0.3 is 4.74 Å². The Balaban J connectivity index is 0.000000599. The van der Waals surface area contributed by atoms with Gasteiger partial charge in [-0.15, -0.1) is 5.10 Å². The summed E-state index contributed by atoms with van der Waals surface area (Å²) < 4.78 is 7.64. The predicted octanol–water partition coefficient (Wildman–Crippen LogP) is 6.47. The lowest BCUT2D eigenvalue weighted by atomic mass is 9.87. The average Bonchev–Trinajstić information content (AvgIpc) is 3.16. The highest BCUT2D eigenvalue weighted by atomic mass is 16.5. The molecule has 2 aromatic carbocycles. The van der Waals surface area contributed by atoms with E-state index in [1.54, 1.807) is 7.11 Å². The Labute approximate surface area is 170 Å². The fourth-order valence-electron chi connectivity index (χ4n) is 3.28. The molecule has 0 radical (unpaired) electrons. The van der Waals surface area contributed by atoms with E-state index in [0.717, 1.165) is 23.4 Å². The van der Waals surface area contributed by atoms with Crippen LogP contribution in [0, 0.1) is 0 Å². The van der Waals surface area contributed by atoms with Crippen molar-refractivity contribution >= 4 is 0 Å². The van der Waals surface area contributed by atoms with Crippen molar-refractivity contribution in [1.29, 1.82) is 0 Å². The van der Waals surface area contributed by atoms with Gasteiger partial charge in [0.05, 0.1) is 11.8 Å². The lowest BCUT2D eigenvalue weighted by molar-refractivity contribution is 0.104. The summed E-state index contributed by atoms with van der Waals surface area (Å²) in [7, 11) is 3.71. The highest BCUT2D eigenvalue weighted by molar-refractivity contribution is 5.82. The van der Waals surface area contributed by atoms with Crippen LogP contribution < -0.4 is 0 Å². The molecule has 1 aromatic heterocycles. The van der Waals surface area contributed by atoms with Gasteiger partial charge >= 0.3 is 0 Å². The molecule has 1 atom stereocenters. The molecule has 0 amide bonds. The van der Waals surface area contributed by atoms with E-state index in [0.29, 0.717) is 0 Å². The van der Waals surface area contributed by atoms with Gasteiger partial charge in [0.1, 0.15) is 5.69 Å². The number of fused-ring (bicyclic) bond motifs is 5. The van der Waals surface area contributed by atoms with Crippen molar-refractivity contribution in [3.05, 3.63) is 59.7 Å². The molecule has 0 fully saturated rings. The standard InChI is InChI=1S/C18H17N3O.3C2H6/c1-21-18-13-8-4-3-7-12(13)11-16(22-2)14-9-5-6-10-15(14)17(18)19-20-21;3*1-2/h3-10,16H,11H2,1-2H3;3*1-2H3. The summed E-state index contributed by atoms with van der Waals surface area (Å²) in [5, 5.41) is 8.68. The predicted molar refractivity (Wildman–Crippen MR) is 119 cm³/mol. The van der Waals surface area contributed by atoms with Crippen LogP contribution in [0.2, 0.25) is 0 Å². The summed E-state index contributed by atoms with van der Waals surface area (Å²) in [6.45, 7) is 12.0. The molecule has 3 aromatic rings. The van der Waals surface area contributed by atoms with Crippen LogP contribution in [-0.2, 0) is 18.2 Å².